The number of nitrogens with one attached hydrogen (secondary N) is 2. The predicted molar refractivity (Wildman–Crippen MR) is 122 cm³/mol. The van der Waals surface area contributed by atoms with E-state index in [9.17, 15) is 9.50 Å². The van der Waals surface area contributed by atoms with Crippen LogP contribution in [0.2, 0.25) is 0 Å². The van der Waals surface area contributed by atoms with Crippen LogP contribution in [0.4, 0.5) is 4.39 Å². The van der Waals surface area contributed by atoms with Gasteiger partial charge in [-0.25, -0.2) is 4.39 Å². The van der Waals surface area contributed by atoms with Gasteiger partial charge in [0.05, 0.1) is 19.3 Å². The van der Waals surface area contributed by atoms with Gasteiger partial charge in [0.2, 0.25) is 0 Å². The Morgan fingerprint density at radius 1 is 1.25 bits per heavy atom. The highest BCUT2D eigenvalue weighted by Crippen LogP contribution is 2.26. The monoisotopic (exact) mass is 503 g/mol. The Kier molecular flexibility index (Phi) is 8.87. The second kappa shape index (κ2) is 10.2. The molecule has 0 spiro atoms. The molecule has 8 heteroatoms. The molecule has 0 fully saturated rings. The fraction of sp³-hybridized carbons (Fsp3) is 0.500. The topological polar surface area (TPSA) is 74.5 Å². The summed E-state index contributed by atoms with van der Waals surface area (Å²) in [6.07, 6.45) is 3.43. The third-order valence-electron chi connectivity index (χ3n) is 4.51. The maximum absolute atomic E-state index is 14.1. The van der Waals surface area contributed by atoms with Crippen molar-refractivity contribution in [2.75, 3.05) is 19.6 Å². The first-order chi connectivity index (χ1) is 12.7. The van der Waals surface area contributed by atoms with Gasteiger partial charge in [-0.3, -0.25) is 9.67 Å². The Morgan fingerprint density at radius 2 is 1.93 bits per heavy atom. The van der Waals surface area contributed by atoms with Gasteiger partial charge in [0.25, 0.3) is 0 Å². The molecule has 0 radical (unpaired) electrons. The SMILES string of the molecule is CCNC(=NCC(C)(C)c1ccccc1F)NCC(C)(O)c1cnn(C)c1.I. The Bertz CT molecular complexity index is 788. The number of aliphatic hydroxyl groups is 1. The van der Waals surface area contributed by atoms with Crippen molar-refractivity contribution in [3.63, 3.8) is 0 Å². The van der Waals surface area contributed by atoms with Gasteiger partial charge in [-0.2, -0.15) is 5.10 Å². The van der Waals surface area contributed by atoms with E-state index >= 15 is 0 Å². The largest absolute Gasteiger partial charge is 0.383 e. The summed E-state index contributed by atoms with van der Waals surface area (Å²) < 4.78 is 15.8. The van der Waals surface area contributed by atoms with Crippen LogP contribution in [0.3, 0.4) is 0 Å². The lowest BCUT2D eigenvalue weighted by Gasteiger charge is -2.26. The maximum Gasteiger partial charge on any atom is 0.191 e. The van der Waals surface area contributed by atoms with Gasteiger partial charge >= 0.3 is 0 Å². The molecule has 0 aliphatic heterocycles. The van der Waals surface area contributed by atoms with Gasteiger partial charge in [-0.05, 0) is 25.5 Å². The predicted octanol–water partition coefficient (Wildman–Crippen LogP) is 2.92. The molecule has 6 nitrogen and oxygen atoms in total. The molecular formula is C20H31FIN5O. The minimum atomic E-state index is -1.09. The van der Waals surface area contributed by atoms with E-state index in [-0.39, 0.29) is 36.3 Å². The van der Waals surface area contributed by atoms with Crippen LogP contribution in [0.1, 0.15) is 38.8 Å². The number of halogens is 2. The van der Waals surface area contributed by atoms with Crippen LogP contribution in [-0.4, -0.2) is 40.5 Å². The summed E-state index contributed by atoms with van der Waals surface area (Å²) in [5, 5.41) is 21.1. The third kappa shape index (κ3) is 6.44. The average molecular weight is 503 g/mol. The Hall–Kier alpha value is -1.68. The van der Waals surface area contributed by atoms with E-state index in [1.165, 1.54) is 6.07 Å². The molecule has 156 valence electrons. The number of nitrogens with zero attached hydrogens (tertiary/aromatic N) is 3. The molecule has 1 aromatic carbocycles. The highest BCUT2D eigenvalue weighted by molar-refractivity contribution is 14.0. The Morgan fingerprint density at radius 3 is 2.50 bits per heavy atom. The highest BCUT2D eigenvalue weighted by atomic mass is 127. The van der Waals surface area contributed by atoms with Crippen LogP contribution in [0.15, 0.2) is 41.7 Å². The first-order valence-electron chi connectivity index (χ1n) is 9.14. The zero-order valence-electron chi connectivity index (χ0n) is 17.2. The molecule has 1 heterocycles. The van der Waals surface area contributed by atoms with Gasteiger partial charge in [-0.1, -0.05) is 32.0 Å². The van der Waals surface area contributed by atoms with Crippen molar-refractivity contribution >= 4 is 29.9 Å². The molecule has 0 saturated carbocycles. The van der Waals surface area contributed by atoms with Crippen molar-refractivity contribution in [2.24, 2.45) is 12.0 Å². The zero-order chi connectivity index (χ0) is 20.1. The summed E-state index contributed by atoms with van der Waals surface area (Å²) in [5.74, 6) is 0.348. The van der Waals surface area contributed by atoms with Crippen molar-refractivity contribution in [1.82, 2.24) is 20.4 Å². The third-order valence-corrected chi connectivity index (χ3v) is 4.51. The normalized spacial score (nSPS) is 14.2. The highest BCUT2D eigenvalue weighted by Gasteiger charge is 2.26. The second-order valence-electron chi connectivity index (χ2n) is 7.59. The van der Waals surface area contributed by atoms with Crippen LogP contribution >= 0.6 is 24.0 Å². The molecule has 2 aromatic rings. The Labute approximate surface area is 183 Å². The van der Waals surface area contributed by atoms with Gasteiger partial charge in [-0.15, -0.1) is 24.0 Å². The smallest absolute Gasteiger partial charge is 0.191 e. The molecule has 2 rings (SSSR count). The number of rotatable bonds is 7. The summed E-state index contributed by atoms with van der Waals surface area (Å²) in [5.41, 5.74) is -0.197. The molecule has 0 aliphatic rings. The minimum Gasteiger partial charge on any atom is -0.383 e. The number of guanidine groups is 1. The fourth-order valence-corrected chi connectivity index (χ4v) is 2.77. The van der Waals surface area contributed by atoms with Crippen LogP contribution in [0.25, 0.3) is 0 Å². The number of aryl methyl sites for hydroxylation is 1. The van der Waals surface area contributed by atoms with E-state index in [2.05, 4.69) is 20.7 Å². The number of aliphatic imine (C=N–C) groups is 1. The fourth-order valence-electron chi connectivity index (χ4n) is 2.77. The van der Waals surface area contributed by atoms with Crippen molar-refractivity contribution in [3.8, 4) is 0 Å². The molecule has 28 heavy (non-hydrogen) atoms. The lowest BCUT2D eigenvalue weighted by Crippen LogP contribution is -2.45. The van der Waals surface area contributed by atoms with Crippen LogP contribution in [0.5, 0.6) is 0 Å². The first kappa shape index (κ1) is 24.4. The van der Waals surface area contributed by atoms with Crippen LogP contribution in [-0.2, 0) is 18.1 Å². The average Bonchev–Trinajstić information content (AvgIpc) is 3.05. The summed E-state index contributed by atoms with van der Waals surface area (Å²) >= 11 is 0. The number of benzene rings is 1. The van der Waals surface area contributed by atoms with Crippen LogP contribution in [0, 0.1) is 5.82 Å². The van der Waals surface area contributed by atoms with Crippen molar-refractivity contribution in [3.05, 3.63) is 53.6 Å². The molecule has 1 aromatic heterocycles. The standard InChI is InChI=1S/C20H30FN5O.HI/c1-6-22-18(24-14-20(4,27)15-11-25-26(5)12-15)23-13-19(2,3)16-9-7-8-10-17(16)21;/h7-12,27H,6,13-14H2,1-5H3,(H2,22,23,24);1H. The lowest BCUT2D eigenvalue weighted by atomic mass is 9.84. The molecule has 1 unspecified atom stereocenters. The lowest BCUT2D eigenvalue weighted by molar-refractivity contribution is 0.0616. The van der Waals surface area contributed by atoms with Gasteiger partial charge in [0.15, 0.2) is 5.96 Å². The summed E-state index contributed by atoms with van der Waals surface area (Å²) in [6.45, 7) is 8.97. The molecule has 1 atom stereocenters. The van der Waals surface area contributed by atoms with Crippen molar-refractivity contribution < 1.29 is 9.50 Å². The molecular weight excluding hydrogens is 472 g/mol. The van der Waals surface area contributed by atoms with E-state index in [0.29, 0.717) is 24.6 Å². The van der Waals surface area contributed by atoms with Gasteiger partial charge < -0.3 is 15.7 Å². The van der Waals surface area contributed by atoms with Crippen LogP contribution < -0.4 is 10.6 Å². The number of hydrogen-bond acceptors (Lipinski definition) is 3. The number of hydrogen-bond donors (Lipinski definition) is 3. The van der Waals surface area contributed by atoms with E-state index in [0.717, 1.165) is 5.56 Å². The van der Waals surface area contributed by atoms with Gasteiger partial charge in [0.1, 0.15) is 11.4 Å². The van der Waals surface area contributed by atoms with Gasteiger partial charge in [0, 0.05) is 30.8 Å². The quantitative estimate of drug-likeness (QED) is 0.309. The van der Waals surface area contributed by atoms with Crippen molar-refractivity contribution in [1.29, 1.82) is 0 Å². The molecule has 3 N–H and O–H groups in total. The first-order valence-corrected chi connectivity index (χ1v) is 9.14. The zero-order valence-corrected chi connectivity index (χ0v) is 19.5. The number of aromatic nitrogens is 2. The van der Waals surface area contributed by atoms with E-state index in [4.69, 9.17) is 0 Å². The summed E-state index contributed by atoms with van der Waals surface area (Å²) in [6, 6.07) is 6.77. The molecule has 0 saturated heterocycles. The molecule has 0 amide bonds. The van der Waals surface area contributed by atoms with Crippen molar-refractivity contribution in [2.45, 2.75) is 38.7 Å². The van der Waals surface area contributed by atoms with E-state index < -0.39 is 11.0 Å². The maximum atomic E-state index is 14.1. The van der Waals surface area contributed by atoms with E-state index in [1.807, 2.05) is 33.9 Å². The Balaban J connectivity index is 0.00000392. The summed E-state index contributed by atoms with van der Waals surface area (Å²) in [4.78, 5) is 4.60. The van der Waals surface area contributed by atoms with E-state index in [1.54, 1.807) is 36.1 Å². The summed E-state index contributed by atoms with van der Waals surface area (Å²) in [7, 11) is 1.81. The molecule has 0 bridgehead atoms. The molecule has 0 aliphatic carbocycles. The minimum absolute atomic E-state index is 0. The second-order valence-corrected chi connectivity index (χ2v) is 7.59.